The lowest BCUT2D eigenvalue weighted by molar-refractivity contribution is -0.118. The summed E-state index contributed by atoms with van der Waals surface area (Å²) in [7, 11) is 0. The molecule has 0 saturated heterocycles. The second-order valence-corrected chi connectivity index (χ2v) is 8.32. The summed E-state index contributed by atoms with van der Waals surface area (Å²) >= 11 is 13.6. The minimum absolute atomic E-state index is 0.207. The van der Waals surface area contributed by atoms with Crippen LogP contribution in [0.3, 0.4) is 0 Å². The molecule has 0 aliphatic carbocycles. The molecule has 0 fully saturated rings. The van der Waals surface area contributed by atoms with Crippen molar-refractivity contribution >= 4 is 64.2 Å². The maximum atomic E-state index is 12.9. The minimum atomic E-state index is -0.772. The number of benzene rings is 2. The summed E-state index contributed by atoms with van der Waals surface area (Å²) in [6.07, 6.45) is 2.35. The summed E-state index contributed by atoms with van der Waals surface area (Å²) in [5.74, 6) is -0.164. The van der Waals surface area contributed by atoms with Crippen molar-refractivity contribution in [1.82, 2.24) is 10.6 Å². The largest absolute Gasteiger partial charge is 0.340 e. The fourth-order valence-electron chi connectivity index (χ4n) is 2.65. The van der Waals surface area contributed by atoms with Crippen molar-refractivity contribution in [2.75, 3.05) is 29.2 Å². The number of halogens is 2. The molecule has 0 aromatic heterocycles. The molecule has 0 bridgehead atoms. The zero-order valence-corrected chi connectivity index (χ0v) is 19.5. The number of rotatable bonds is 9. The lowest BCUT2D eigenvalue weighted by atomic mass is 10.1. The van der Waals surface area contributed by atoms with E-state index in [1.165, 1.54) is 12.1 Å². The molecule has 2 aromatic carbocycles. The highest BCUT2D eigenvalue weighted by molar-refractivity contribution is 7.98. The summed E-state index contributed by atoms with van der Waals surface area (Å²) in [6, 6.07) is 10.2. The molecule has 0 saturated carbocycles. The quantitative estimate of drug-likeness (QED) is 0.418. The fourth-order valence-corrected chi connectivity index (χ4v) is 3.62. The Kier molecular flexibility index (Phi) is 9.97. The van der Waals surface area contributed by atoms with Crippen LogP contribution in [0, 0.1) is 0 Å². The fraction of sp³-hybridized carbons (Fsp3) is 0.286. The van der Waals surface area contributed by atoms with Crippen LogP contribution in [0.2, 0.25) is 10.0 Å². The Morgan fingerprint density at radius 3 is 2.39 bits per heavy atom. The van der Waals surface area contributed by atoms with Gasteiger partial charge in [0.15, 0.2) is 0 Å². The number of carbonyl (C=O) groups is 3. The van der Waals surface area contributed by atoms with Crippen molar-refractivity contribution < 1.29 is 14.4 Å². The molecule has 0 heterocycles. The van der Waals surface area contributed by atoms with Gasteiger partial charge in [-0.3, -0.25) is 9.59 Å². The average molecular weight is 483 g/mol. The monoisotopic (exact) mass is 482 g/mol. The summed E-state index contributed by atoms with van der Waals surface area (Å²) in [5.41, 5.74) is 1.26. The van der Waals surface area contributed by atoms with Crippen molar-refractivity contribution in [2.24, 2.45) is 0 Å². The summed E-state index contributed by atoms with van der Waals surface area (Å²) in [4.78, 5) is 37.2. The minimum Gasteiger partial charge on any atom is -0.340 e. The van der Waals surface area contributed by atoms with Crippen LogP contribution < -0.4 is 21.3 Å². The molecule has 2 rings (SSSR count). The molecule has 166 valence electrons. The molecule has 31 heavy (non-hydrogen) atoms. The lowest BCUT2D eigenvalue weighted by Gasteiger charge is -2.19. The van der Waals surface area contributed by atoms with E-state index in [0.29, 0.717) is 35.1 Å². The number of anilines is 2. The van der Waals surface area contributed by atoms with E-state index in [2.05, 4.69) is 21.3 Å². The van der Waals surface area contributed by atoms with E-state index >= 15 is 0 Å². The topological polar surface area (TPSA) is 99.3 Å². The number of hydrogen-bond donors (Lipinski definition) is 4. The molecule has 4 amide bonds. The molecule has 1 atom stereocenters. The Labute approximate surface area is 195 Å². The van der Waals surface area contributed by atoms with Crippen LogP contribution >= 0.6 is 35.0 Å². The SMILES string of the molecule is CCNC(=O)Nc1cccc(NC(=O)C(CCSC)NC(=O)c2ccc(Cl)cc2Cl)c1. The van der Waals surface area contributed by atoms with Crippen LogP contribution in [0.15, 0.2) is 42.5 Å². The van der Waals surface area contributed by atoms with Crippen LogP contribution in [0.25, 0.3) is 0 Å². The van der Waals surface area contributed by atoms with Crippen LogP contribution in [0.5, 0.6) is 0 Å². The smallest absolute Gasteiger partial charge is 0.319 e. The van der Waals surface area contributed by atoms with Gasteiger partial charge in [-0.25, -0.2) is 4.79 Å². The first-order valence-electron chi connectivity index (χ1n) is 9.54. The highest BCUT2D eigenvalue weighted by atomic mass is 35.5. The Bertz CT molecular complexity index is 943. The molecular weight excluding hydrogens is 459 g/mol. The Morgan fingerprint density at radius 2 is 1.74 bits per heavy atom. The molecule has 0 aliphatic rings. The van der Waals surface area contributed by atoms with Gasteiger partial charge in [-0.2, -0.15) is 11.8 Å². The third kappa shape index (κ3) is 7.97. The van der Waals surface area contributed by atoms with Crippen molar-refractivity contribution in [3.8, 4) is 0 Å². The maximum absolute atomic E-state index is 12.9. The van der Waals surface area contributed by atoms with Crippen molar-refractivity contribution in [3.63, 3.8) is 0 Å². The second-order valence-electron chi connectivity index (χ2n) is 6.49. The summed E-state index contributed by atoms with van der Waals surface area (Å²) in [5, 5.41) is 11.5. The van der Waals surface area contributed by atoms with Gasteiger partial charge < -0.3 is 21.3 Å². The van der Waals surface area contributed by atoms with E-state index in [9.17, 15) is 14.4 Å². The molecule has 0 spiro atoms. The number of carbonyl (C=O) groups excluding carboxylic acids is 3. The highest BCUT2D eigenvalue weighted by Crippen LogP contribution is 2.21. The van der Waals surface area contributed by atoms with Gasteiger partial charge in [-0.05, 0) is 61.8 Å². The van der Waals surface area contributed by atoms with Gasteiger partial charge in [-0.15, -0.1) is 0 Å². The third-order valence-corrected chi connectivity index (χ3v) is 5.33. The Morgan fingerprint density at radius 1 is 1.03 bits per heavy atom. The van der Waals surface area contributed by atoms with E-state index in [1.54, 1.807) is 42.1 Å². The number of amides is 4. The van der Waals surface area contributed by atoms with Crippen LogP contribution in [-0.4, -0.2) is 42.4 Å². The zero-order valence-electron chi connectivity index (χ0n) is 17.1. The Hall–Kier alpha value is -2.42. The first kappa shape index (κ1) is 24.8. The van der Waals surface area contributed by atoms with Gasteiger partial charge >= 0.3 is 6.03 Å². The predicted molar refractivity (Wildman–Crippen MR) is 128 cm³/mol. The summed E-state index contributed by atoms with van der Waals surface area (Å²) < 4.78 is 0. The first-order valence-corrected chi connectivity index (χ1v) is 11.7. The molecule has 4 N–H and O–H groups in total. The van der Waals surface area contributed by atoms with Crippen molar-refractivity contribution in [1.29, 1.82) is 0 Å². The van der Waals surface area contributed by atoms with E-state index < -0.39 is 11.9 Å². The molecule has 1 unspecified atom stereocenters. The number of nitrogens with one attached hydrogen (secondary N) is 4. The second kappa shape index (κ2) is 12.4. The Balaban J connectivity index is 2.10. The van der Waals surface area contributed by atoms with E-state index in [-0.39, 0.29) is 22.5 Å². The number of hydrogen-bond acceptors (Lipinski definition) is 4. The van der Waals surface area contributed by atoms with Gasteiger partial charge in [-0.1, -0.05) is 29.3 Å². The van der Waals surface area contributed by atoms with Crippen LogP contribution in [0.1, 0.15) is 23.7 Å². The van der Waals surface area contributed by atoms with E-state index in [1.807, 2.05) is 13.2 Å². The zero-order chi connectivity index (χ0) is 22.8. The van der Waals surface area contributed by atoms with E-state index in [0.717, 1.165) is 0 Å². The molecule has 10 heteroatoms. The molecule has 7 nitrogen and oxygen atoms in total. The van der Waals surface area contributed by atoms with Gasteiger partial charge in [0.25, 0.3) is 5.91 Å². The number of thioether (sulfide) groups is 1. The molecule has 0 aliphatic heterocycles. The van der Waals surface area contributed by atoms with Crippen LogP contribution in [0.4, 0.5) is 16.2 Å². The first-order chi connectivity index (χ1) is 14.8. The van der Waals surface area contributed by atoms with Crippen molar-refractivity contribution in [2.45, 2.75) is 19.4 Å². The number of urea groups is 1. The predicted octanol–water partition coefficient (Wildman–Crippen LogP) is 4.63. The van der Waals surface area contributed by atoms with Gasteiger partial charge in [0.05, 0.1) is 10.6 Å². The normalized spacial score (nSPS) is 11.4. The molecule has 0 radical (unpaired) electrons. The summed E-state index contributed by atoms with van der Waals surface area (Å²) in [6.45, 7) is 2.31. The van der Waals surface area contributed by atoms with Crippen LogP contribution in [-0.2, 0) is 4.79 Å². The van der Waals surface area contributed by atoms with Gasteiger partial charge in [0.2, 0.25) is 5.91 Å². The van der Waals surface area contributed by atoms with Crippen molar-refractivity contribution in [3.05, 3.63) is 58.1 Å². The van der Waals surface area contributed by atoms with E-state index in [4.69, 9.17) is 23.2 Å². The van der Waals surface area contributed by atoms with Gasteiger partial charge in [0, 0.05) is 22.9 Å². The van der Waals surface area contributed by atoms with Gasteiger partial charge in [0.1, 0.15) is 6.04 Å². The maximum Gasteiger partial charge on any atom is 0.319 e. The molecular formula is C21H24Cl2N4O3S. The molecule has 2 aromatic rings. The average Bonchev–Trinajstić information content (AvgIpc) is 2.71. The standard InChI is InChI=1S/C21H24Cl2N4O3S/c1-3-24-21(30)26-15-6-4-5-14(12-15)25-20(29)18(9-10-31-2)27-19(28)16-8-7-13(22)11-17(16)23/h4-8,11-12,18H,3,9-10H2,1-2H3,(H,25,29)(H,27,28)(H2,24,26,30). The lowest BCUT2D eigenvalue weighted by Crippen LogP contribution is -2.44. The highest BCUT2D eigenvalue weighted by Gasteiger charge is 2.22. The third-order valence-electron chi connectivity index (χ3n) is 4.13.